The summed E-state index contributed by atoms with van der Waals surface area (Å²) in [7, 11) is 0. The Bertz CT molecular complexity index is 366. The van der Waals surface area contributed by atoms with Crippen LogP contribution in [0, 0.1) is 5.92 Å². The summed E-state index contributed by atoms with van der Waals surface area (Å²) >= 11 is 0. The van der Waals surface area contributed by atoms with Crippen LogP contribution < -0.4 is 5.32 Å². The summed E-state index contributed by atoms with van der Waals surface area (Å²) in [6.07, 6.45) is 11.7. The van der Waals surface area contributed by atoms with Gasteiger partial charge in [0.2, 0.25) is 5.91 Å². The van der Waals surface area contributed by atoms with Crippen molar-refractivity contribution in [2.24, 2.45) is 5.92 Å². The molecular formula is C19H35NO4. The highest BCUT2D eigenvalue weighted by Gasteiger charge is 2.25. The third kappa shape index (κ3) is 12.1. The smallest absolute Gasteiger partial charge is 0.328 e. The quantitative estimate of drug-likeness (QED) is 0.289. The molecule has 0 aliphatic carbocycles. The largest absolute Gasteiger partial charge is 0.464 e. The van der Waals surface area contributed by atoms with E-state index < -0.39 is 12.0 Å². The predicted octanol–water partition coefficient (Wildman–Crippen LogP) is 3.36. The van der Waals surface area contributed by atoms with Crippen molar-refractivity contribution in [3.05, 3.63) is 12.2 Å². The van der Waals surface area contributed by atoms with E-state index in [4.69, 9.17) is 9.84 Å². The Balaban J connectivity index is 3.92. The monoisotopic (exact) mass is 341 g/mol. The van der Waals surface area contributed by atoms with Gasteiger partial charge in [0.05, 0.1) is 6.61 Å². The Morgan fingerprint density at radius 1 is 1.08 bits per heavy atom. The molecule has 140 valence electrons. The van der Waals surface area contributed by atoms with Crippen LogP contribution in [0.4, 0.5) is 0 Å². The zero-order chi connectivity index (χ0) is 18.2. The van der Waals surface area contributed by atoms with Crippen molar-refractivity contribution < 1.29 is 19.4 Å². The SMILES string of the molecule is C/C=C/CCCCCCCC(=O)NC(C(=O)OCCCO)C(C)C. The molecule has 2 N–H and O–H groups in total. The van der Waals surface area contributed by atoms with E-state index in [1.165, 1.54) is 12.8 Å². The second kappa shape index (κ2) is 15.2. The number of allylic oxidation sites excluding steroid dienone is 2. The normalized spacial score (nSPS) is 12.5. The third-order valence-corrected chi connectivity index (χ3v) is 3.79. The van der Waals surface area contributed by atoms with Crippen LogP contribution in [0.3, 0.4) is 0 Å². The topological polar surface area (TPSA) is 75.6 Å². The van der Waals surface area contributed by atoms with Crippen molar-refractivity contribution in [1.29, 1.82) is 0 Å². The first-order chi connectivity index (χ1) is 11.5. The first kappa shape index (κ1) is 22.6. The standard InChI is InChI=1S/C19H35NO4/c1-4-5-6-7-8-9-10-11-13-17(22)20-18(16(2)3)19(23)24-15-12-14-21/h4-5,16,18,21H,6-15H2,1-3H3,(H,20,22)/b5-4+. The Labute approximate surface area is 146 Å². The summed E-state index contributed by atoms with van der Waals surface area (Å²) < 4.78 is 5.08. The maximum atomic E-state index is 12.0. The summed E-state index contributed by atoms with van der Waals surface area (Å²) in [5, 5.41) is 11.5. The van der Waals surface area contributed by atoms with Crippen molar-refractivity contribution in [2.45, 2.75) is 78.2 Å². The summed E-state index contributed by atoms with van der Waals surface area (Å²) in [6, 6.07) is -0.614. The van der Waals surface area contributed by atoms with E-state index in [9.17, 15) is 9.59 Å². The molecule has 0 heterocycles. The van der Waals surface area contributed by atoms with Gasteiger partial charge in [0.25, 0.3) is 0 Å². The van der Waals surface area contributed by atoms with E-state index in [2.05, 4.69) is 17.5 Å². The Kier molecular flexibility index (Phi) is 14.3. The summed E-state index contributed by atoms with van der Waals surface area (Å²) in [5.41, 5.74) is 0. The van der Waals surface area contributed by atoms with Crippen LogP contribution in [0.5, 0.6) is 0 Å². The number of ether oxygens (including phenoxy) is 1. The Morgan fingerprint density at radius 3 is 2.38 bits per heavy atom. The Hall–Kier alpha value is -1.36. The number of rotatable bonds is 14. The molecule has 0 saturated carbocycles. The number of amides is 1. The molecule has 0 rings (SSSR count). The molecule has 0 aromatic rings. The molecule has 0 radical (unpaired) electrons. The molecule has 0 aromatic heterocycles. The molecule has 1 amide bonds. The van der Waals surface area contributed by atoms with Crippen LogP contribution in [0.25, 0.3) is 0 Å². The van der Waals surface area contributed by atoms with Gasteiger partial charge in [-0.15, -0.1) is 0 Å². The van der Waals surface area contributed by atoms with Crippen LogP contribution in [0.15, 0.2) is 12.2 Å². The van der Waals surface area contributed by atoms with E-state index in [0.717, 1.165) is 25.7 Å². The number of aliphatic hydroxyl groups is 1. The van der Waals surface area contributed by atoms with Gasteiger partial charge in [-0.05, 0) is 32.1 Å². The molecular weight excluding hydrogens is 306 g/mol. The lowest BCUT2D eigenvalue weighted by Gasteiger charge is -2.20. The lowest BCUT2D eigenvalue weighted by molar-refractivity contribution is -0.149. The van der Waals surface area contributed by atoms with E-state index in [0.29, 0.717) is 12.8 Å². The van der Waals surface area contributed by atoms with E-state index in [1.54, 1.807) is 0 Å². The van der Waals surface area contributed by atoms with Gasteiger partial charge in [-0.1, -0.05) is 45.3 Å². The zero-order valence-corrected chi connectivity index (χ0v) is 15.6. The minimum Gasteiger partial charge on any atom is -0.464 e. The fourth-order valence-corrected chi connectivity index (χ4v) is 2.32. The summed E-state index contributed by atoms with van der Waals surface area (Å²) in [4.78, 5) is 24.0. The van der Waals surface area contributed by atoms with Gasteiger partial charge in [0.15, 0.2) is 0 Å². The minimum atomic E-state index is -0.614. The Morgan fingerprint density at radius 2 is 1.75 bits per heavy atom. The number of hydrogen-bond acceptors (Lipinski definition) is 4. The lowest BCUT2D eigenvalue weighted by Crippen LogP contribution is -2.45. The van der Waals surface area contributed by atoms with Gasteiger partial charge in [0, 0.05) is 19.4 Å². The highest BCUT2D eigenvalue weighted by Crippen LogP contribution is 2.09. The fourth-order valence-electron chi connectivity index (χ4n) is 2.32. The maximum absolute atomic E-state index is 12.0. The molecule has 0 aliphatic rings. The first-order valence-electron chi connectivity index (χ1n) is 9.21. The third-order valence-electron chi connectivity index (χ3n) is 3.79. The van der Waals surface area contributed by atoms with E-state index in [1.807, 2.05) is 20.8 Å². The van der Waals surface area contributed by atoms with Gasteiger partial charge < -0.3 is 15.2 Å². The van der Waals surface area contributed by atoms with Crippen molar-refractivity contribution in [3.63, 3.8) is 0 Å². The van der Waals surface area contributed by atoms with Crippen molar-refractivity contribution in [1.82, 2.24) is 5.32 Å². The number of unbranched alkanes of at least 4 members (excludes halogenated alkanes) is 5. The average molecular weight is 341 g/mol. The van der Waals surface area contributed by atoms with Crippen molar-refractivity contribution in [2.75, 3.05) is 13.2 Å². The minimum absolute atomic E-state index is 0.0132. The van der Waals surface area contributed by atoms with Crippen LogP contribution in [-0.4, -0.2) is 36.2 Å². The van der Waals surface area contributed by atoms with Crippen LogP contribution in [0.2, 0.25) is 0 Å². The molecule has 24 heavy (non-hydrogen) atoms. The molecule has 0 aliphatic heterocycles. The summed E-state index contributed by atoms with van der Waals surface area (Å²) in [5.74, 6) is -0.542. The molecule has 1 atom stereocenters. The average Bonchev–Trinajstić information content (AvgIpc) is 2.55. The molecule has 1 unspecified atom stereocenters. The molecule has 0 bridgehead atoms. The number of carbonyl (C=O) groups excluding carboxylic acids is 2. The molecule has 0 aromatic carbocycles. The highest BCUT2D eigenvalue weighted by atomic mass is 16.5. The second-order valence-corrected chi connectivity index (χ2v) is 6.41. The zero-order valence-electron chi connectivity index (χ0n) is 15.6. The van der Waals surface area contributed by atoms with Gasteiger partial charge in [-0.3, -0.25) is 4.79 Å². The van der Waals surface area contributed by atoms with E-state index >= 15 is 0 Å². The number of nitrogens with one attached hydrogen (secondary N) is 1. The van der Waals surface area contributed by atoms with Crippen LogP contribution in [0.1, 0.15) is 72.1 Å². The van der Waals surface area contributed by atoms with Gasteiger partial charge in [-0.25, -0.2) is 4.79 Å². The van der Waals surface area contributed by atoms with Gasteiger partial charge in [-0.2, -0.15) is 0 Å². The van der Waals surface area contributed by atoms with Crippen molar-refractivity contribution >= 4 is 11.9 Å². The van der Waals surface area contributed by atoms with Crippen LogP contribution >= 0.6 is 0 Å². The van der Waals surface area contributed by atoms with Gasteiger partial charge >= 0.3 is 5.97 Å². The number of aliphatic hydroxyl groups excluding tert-OH is 1. The molecule has 0 spiro atoms. The predicted molar refractivity (Wildman–Crippen MR) is 96.6 cm³/mol. The maximum Gasteiger partial charge on any atom is 0.328 e. The molecule has 0 saturated heterocycles. The molecule has 5 nitrogen and oxygen atoms in total. The number of carbonyl (C=O) groups is 2. The van der Waals surface area contributed by atoms with Crippen molar-refractivity contribution in [3.8, 4) is 0 Å². The van der Waals surface area contributed by atoms with Gasteiger partial charge in [0.1, 0.15) is 6.04 Å². The summed E-state index contributed by atoms with van der Waals surface area (Å²) in [6.45, 7) is 5.96. The van der Waals surface area contributed by atoms with Crippen LogP contribution in [-0.2, 0) is 14.3 Å². The fraction of sp³-hybridized carbons (Fsp3) is 0.789. The highest BCUT2D eigenvalue weighted by molar-refractivity contribution is 5.84. The lowest BCUT2D eigenvalue weighted by atomic mass is 10.0. The molecule has 5 heteroatoms. The number of esters is 1. The molecule has 0 fully saturated rings. The number of hydrogen-bond donors (Lipinski definition) is 2. The van der Waals surface area contributed by atoms with E-state index in [-0.39, 0.29) is 25.0 Å². The first-order valence-corrected chi connectivity index (χ1v) is 9.21. The second-order valence-electron chi connectivity index (χ2n) is 6.41.